The van der Waals surface area contributed by atoms with Crippen LogP contribution in [0.1, 0.15) is 13.3 Å². The lowest BCUT2D eigenvalue weighted by molar-refractivity contribution is -0.118. The number of nitrogens with zero attached hydrogens (tertiary/aromatic N) is 1. The second-order valence-corrected chi connectivity index (χ2v) is 7.21. The predicted octanol–water partition coefficient (Wildman–Crippen LogP) is 4.45. The number of hydrogen-bond donors (Lipinski definition) is 1. The highest BCUT2D eigenvalue weighted by Crippen LogP contribution is 2.25. The topological polar surface area (TPSA) is 41.6 Å². The molecule has 2 aromatic carbocycles. The second-order valence-electron chi connectivity index (χ2n) is 6.30. The van der Waals surface area contributed by atoms with Crippen molar-refractivity contribution in [3.05, 3.63) is 52.8 Å². The number of amides is 1. The highest BCUT2D eigenvalue weighted by Gasteiger charge is 2.18. The van der Waals surface area contributed by atoms with E-state index in [0.717, 1.165) is 24.7 Å². The van der Waals surface area contributed by atoms with Gasteiger partial charge < -0.3 is 15.0 Å². The van der Waals surface area contributed by atoms with E-state index in [1.807, 2.05) is 24.3 Å². The first-order valence-corrected chi connectivity index (χ1v) is 9.03. The first-order chi connectivity index (χ1) is 12.0. The summed E-state index contributed by atoms with van der Waals surface area (Å²) < 4.78 is 19.5. The molecular formula is C19H20BrFN2O2. The van der Waals surface area contributed by atoms with Crippen molar-refractivity contribution in [2.45, 2.75) is 13.3 Å². The van der Waals surface area contributed by atoms with Crippen molar-refractivity contribution in [1.29, 1.82) is 0 Å². The van der Waals surface area contributed by atoms with Crippen molar-refractivity contribution in [1.82, 2.24) is 0 Å². The number of rotatable bonds is 5. The van der Waals surface area contributed by atoms with Gasteiger partial charge in [0.25, 0.3) is 5.91 Å². The molecule has 1 atom stereocenters. The lowest BCUT2D eigenvalue weighted by Crippen LogP contribution is -2.21. The van der Waals surface area contributed by atoms with Crippen LogP contribution >= 0.6 is 15.9 Å². The molecule has 0 radical (unpaired) electrons. The highest BCUT2D eigenvalue weighted by atomic mass is 79.9. The summed E-state index contributed by atoms with van der Waals surface area (Å²) >= 11 is 3.18. The number of benzene rings is 2. The van der Waals surface area contributed by atoms with Gasteiger partial charge in [0, 0.05) is 28.9 Å². The Labute approximate surface area is 155 Å². The summed E-state index contributed by atoms with van der Waals surface area (Å²) in [6, 6.07) is 12.2. The van der Waals surface area contributed by atoms with Gasteiger partial charge in [-0.25, -0.2) is 4.39 Å². The molecule has 0 spiro atoms. The summed E-state index contributed by atoms with van der Waals surface area (Å²) in [5.74, 6) is -0.0661. The van der Waals surface area contributed by atoms with E-state index in [0.29, 0.717) is 10.2 Å². The molecule has 132 valence electrons. The number of nitrogens with one attached hydrogen (secondary N) is 1. The molecule has 1 amide bonds. The van der Waals surface area contributed by atoms with E-state index in [1.54, 1.807) is 6.07 Å². The van der Waals surface area contributed by atoms with E-state index >= 15 is 0 Å². The third-order valence-corrected chi connectivity index (χ3v) is 4.69. The Bertz CT molecular complexity index is 752. The molecule has 1 fully saturated rings. The second kappa shape index (κ2) is 7.87. The molecule has 1 aliphatic rings. The quantitative estimate of drug-likeness (QED) is 0.796. The Hall–Kier alpha value is -2.08. The van der Waals surface area contributed by atoms with Gasteiger partial charge in [-0.3, -0.25) is 4.79 Å². The van der Waals surface area contributed by atoms with Crippen LogP contribution < -0.4 is 15.0 Å². The molecule has 25 heavy (non-hydrogen) atoms. The normalized spacial score (nSPS) is 16.8. The fraction of sp³-hybridized carbons (Fsp3) is 0.316. The van der Waals surface area contributed by atoms with Crippen molar-refractivity contribution in [3.63, 3.8) is 0 Å². The fourth-order valence-electron chi connectivity index (χ4n) is 2.86. The van der Waals surface area contributed by atoms with Crippen molar-refractivity contribution in [2.75, 3.05) is 29.9 Å². The zero-order valence-corrected chi connectivity index (χ0v) is 15.6. The number of carbonyl (C=O) groups is 1. The number of carbonyl (C=O) groups excluding carboxylic acids is 1. The van der Waals surface area contributed by atoms with Crippen LogP contribution in [0.5, 0.6) is 5.75 Å². The lowest BCUT2D eigenvalue weighted by Gasteiger charge is -2.18. The molecular weight excluding hydrogens is 387 g/mol. The van der Waals surface area contributed by atoms with Gasteiger partial charge in [-0.1, -0.05) is 22.9 Å². The zero-order valence-electron chi connectivity index (χ0n) is 14.0. The van der Waals surface area contributed by atoms with Gasteiger partial charge in [-0.2, -0.15) is 0 Å². The summed E-state index contributed by atoms with van der Waals surface area (Å²) in [5, 5.41) is 2.76. The maximum atomic E-state index is 13.7. The monoisotopic (exact) mass is 406 g/mol. The molecule has 1 unspecified atom stereocenters. The van der Waals surface area contributed by atoms with Crippen LogP contribution in [-0.4, -0.2) is 25.6 Å². The molecule has 2 aromatic rings. The summed E-state index contributed by atoms with van der Waals surface area (Å²) in [7, 11) is 0. The fourth-order valence-corrected chi connectivity index (χ4v) is 3.19. The maximum Gasteiger partial charge on any atom is 0.262 e. The SMILES string of the molecule is CC1CCN(c2ccc(NC(=O)COc3ccc(Br)cc3F)cc2)C1. The van der Waals surface area contributed by atoms with Gasteiger partial charge in [0.1, 0.15) is 0 Å². The summed E-state index contributed by atoms with van der Waals surface area (Å²) in [4.78, 5) is 14.3. The first-order valence-electron chi connectivity index (χ1n) is 8.24. The molecule has 1 aliphatic heterocycles. The smallest absolute Gasteiger partial charge is 0.262 e. The van der Waals surface area contributed by atoms with Crippen molar-refractivity contribution in [2.24, 2.45) is 5.92 Å². The minimum atomic E-state index is -0.508. The average Bonchev–Trinajstić information content (AvgIpc) is 3.01. The molecule has 1 saturated heterocycles. The minimum Gasteiger partial charge on any atom is -0.481 e. The van der Waals surface area contributed by atoms with Gasteiger partial charge in [0.2, 0.25) is 0 Å². The third kappa shape index (κ3) is 4.72. The molecule has 6 heteroatoms. The summed E-state index contributed by atoms with van der Waals surface area (Å²) in [6.45, 7) is 4.14. The predicted molar refractivity (Wildman–Crippen MR) is 101 cm³/mol. The Balaban J connectivity index is 1.52. The largest absolute Gasteiger partial charge is 0.481 e. The lowest BCUT2D eigenvalue weighted by atomic mass is 10.2. The summed E-state index contributed by atoms with van der Waals surface area (Å²) in [5.41, 5.74) is 1.86. The number of ether oxygens (including phenoxy) is 1. The van der Waals surface area contributed by atoms with E-state index in [1.165, 1.54) is 18.6 Å². The minimum absolute atomic E-state index is 0.0526. The van der Waals surface area contributed by atoms with Crippen LogP contribution in [0.3, 0.4) is 0 Å². The Morgan fingerprint density at radius 1 is 1.32 bits per heavy atom. The molecule has 0 aliphatic carbocycles. The third-order valence-electron chi connectivity index (χ3n) is 4.19. The van der Waals surface area contributed by atoms with Crippen LogP contribution in [0.15, 0.2) is 46.9 Å². The molecule has 0 aromatic heterocycles. The number of hydrogen-bond acceptors (Lipinski definition) is 3. The van der Waals surface area contributed by atoms with Crippen LogP contribution in [-0.2, 0) is 4.79 Å². The molecule has 0 bridgehead atoms. The van der Waals surface area contributed by atoms with Gasteiger partial charge >= 0.3 is 0 Å². The van der Waals surface area contributed by atoms with Crippen LogP contribution in [0, 0.1) is 11.7 Å². The molecule has 3 rings (SSSR count). The highest BCUT2D eigenvalue weighted by molar-refractivity contribution is 9.10. The number of halogens is 2. The summed E-state index contributed by atoms with van der Waals surface area (Å²) in [6.07, 6.45) is 1.21. The first kappa shape index (κ1) is 17.7. The van der Waals surface area contributed by atoms with Gasteiger partial charge in [-0.05, 0) is 54.8 Å². The van der Waals surface area contributed by atoms with E-state index in [4.69, 9.17) is 4.74 Å². The van der Waals surface area contributed by atoms with Crippen LogP contribution in [0.2, 0.25) is 0 Å². The van der Waals surface area contributed by atoms with Crippen molar-refractivity contribution >= 4 is 33.2 Å². The Morgan fingerprint density at radius 2 is 2.08 bits per heavy atom. The van der Waals surface area contributed by atoms with Crippen molar-refractivity contribution < 1.29 is 13.9 Å². The molecule has 0 saturated carbocycles. The number of anilines is 2. The van der Waals surface area contributed by atoms with Gasteiger partial charge in [0.05, 0.1) is 0 Å². The average molecular weight is 407 g/mol. The standard InChI is InChI=1S/C19H20BrFN2O2/c1-13-8-9-23(11-13)16-5-3-15(4-6-16)22-19(24)12-25-18-7-2-14(20)10-17(18)21/h2-7,10,13H,8-9,11-12H2,1H3,(H,22,24). The van der Waals surface area contributed by atoms with Gasteiger partial charge in [-0.15, -0.1) is 0 Å². The zero-order chi connectivity index (χ0) is 17.8. The molecule has 1 N–H and O–H groups in total. The van der Waals surface area contributed by atoms with Crippen LogP contribution in [0.25, 0.3) is 0 Å². The van der Waals surface area contributed by atoms with Crippen LogP contribution in [0.4, 0.5) is 15.8 Å². The Morgan fingerprint density at radius 3 is 2.72 bits per heavy atom. The van der Waals surface area contributed by atoms with Crippen molar-refractivity contribution in [3.8, 4) is 5.75 Å². The van der Waals surface area contributed by atoms with E-state index in [9.17, 15) is 9.18 Å². The van der Waals surface area contributed by atoms with Gasteiger partial charge in [0.15, 0.2) is 18.2 Å². The molecule has 1 heterocycles. The Kier molecular flexibility index (Phi) is 5.58. The van der Waals surface area contributed by atoms with E-state index < -0.39 is 5.82 Å². The van der Waals surface area contributed by atoms with E-state index in [-0.39, 0.29) is 18.3 Å². The molecule has 4 nitrogen and oxygen atoms in total. The maximum absolute atomic E-state index is 13.7. The van der Waals surface area contributed by atoms with E-state index in [2.05, 4.69) is 33.1 Å².